The molecule has 0 atom stereocenters. The lowest BCUT2D eigenvalue weighted by Gasteiger charge is -2.45. The quantitative estimate of drug-likeness (QED) is 0.188. The van der Waals surface area contributed by atoms with Crippen LogP contribution in [0, 0.1) is 0 Å². The molecule has 0 bridgehead atoms. The molecule has 0 aromatic carbocycles. The second kappa shape index (κ2) is 8.50. The van der Waals surface area contributed by atoms with Gasteiger partial charge in [-0.05, 0) is 18.9 Å². The number of halogens is 12. The van der Waals surface area contributed by atoms with Gasteiger partial charge in [-0.1, -0.05) is 45.4 Å². The lowest BCUT2D eigenvalue weighted by Crippen LogP contribution is -2.79. The van der Waals surface area contributed by atoms with Crippen LogP contribution in [0.1, 0.15) is 58.3 Å². The molecule has 1 saturated heterocycles. The number of hydrogen-bond donors (Lipinski definition) is 0. The van der Waals surface area contributed by atoms with Gasteiger partial charge in [0.25, 0.3) is 11.2 Å². The maximum atomic E-state index is 13.7. The second-order valence-corrected chi connectivity index (χ2v) is 11.5. The fourth-order valence-corrected chi connectivity index (χ4v) is 8.75. The van der Waals surface area contributed by atoms with Gasteiger partial charge in [-0.25, -0.2) is 0 Å². The van der Waals surface area contributed by atoms with Gasteiger partial charge in [-0.3, -0.25) is 0 Å². The molecule has 0 aromatic rings. The van der Waals surface area contributed by atoms with E-state index in [0.717, 1.165) is 12.8 Å². The van der Waals surface area contributed by atoms with Crippen LogP contribution in [0.3, 0.4) is 0 Å². The zero-order valence-corrected chi connectivity index (χ0v) is 17.8. The Balaban J connectivity index is 2.63. The minimum Gasteiger partial charge on any atom is -0.369 e. The summed E-state index contributed by atoms with van der Waals surface area (Å²) >= 11 is 0. The monoisotopic (exact) mass is 514 g/mol. The summed E-state index contributed by atoms with van der Waals surface area (Å²) in [5.74, 6) is 0. The van der Waals surface area contributed by atoms with Crippen molar-refractivity contribution in [1.29, 1.82) is 0 Å². The summed E-state index contributed by atoms with van der Waals surface area (Å²) in [4.78, 5) is 0. The van der Waals surface area contributed by atoms with Crippen LogP contribution >= 0.6 is 0 Å². The van der Waals surface area contributed by atoms with Crippen LogP contribution in [-0.4, -0.2) is 44.5 Å². The topological polar surface area (TPSA) is 18.5 Å². The number of hydrogen-bond acceptors (Lipinski definition) is 2. The lowest BCUT2D eigenvalue weighted by molar-refractivity contribution is -0.464. The summed E-state index contributed by atoms with van der Waals surface area (Å²) in [5, 5.41) is 0. The summed E-state index contributed by atoms with van der Waals surface area (Å²) in [6.45, 7) is 1.87. The van der Waals surface area contributed by atoms with E-state index in [9.17, 15) is 52.7 Å². The fourth-order valence-electron chi connectivity index (χ4n) is 4.18. The maximum Gasteiger partial charge on any atom is 0.429 e. The smallest absolute Gasteiger partial charge is 0.369 e. The van der Waals surface area contributed by atoms with Crippen molar-refractivity contribution < 1.29 is 61.5 Å². The van der Waals surface area contributed by atoms with E-state index in [0.29, 0.717) is 12.8 Å². The average Bonchev–Trinajstić information content (AvgIpc) is 3.36. The predicted molar refractivity (Wildman–Crippen MR) is 88.8 cm³/mol. The van der Waals surface area contributed by atoms with Crippen molar-refractivity contribution in [3.63, 3.8) is 0 Å². The van der Waals surface area contributed by atoms with Crippen molar-refractivity contribution in [2.75, 3.05) is 0 Å². The standard InChI is InChI=1S/C17H22F12O2Si/c1-2-3-4-5-6-7-10-32(11-8-9-11)30-12(14(18,19)20,15(21,22)23)13(31-32,16(24,25)26)17(27,28)29/h11H,2-10H2,1H3. The van der Waals surface area contributed by atoms with E-state index in [4.69, 9.17) is 0 Å². The lowest BCUT2D eigenvalue weighted by atomic mass is 9.79. The Morgan fingerprint density at radius 1 is 0.625 bits per heavy atom. The Hall–Kier alpha value is -0.703. The number of rotatable bonds is 8. The van der Waals surface area contributed by atoms with Crippen molar-refractivity contribution >= 4 is 8.56 Å². The van der Waals surface area contributed by atoms with E-state index < -0.39 is 56.1 Å². The Labute approximate surface area is 176 Å². The first-order chi connectivity index (χ1) is 14.3. The molecular formula is C17H22F12O2Si. The molecule has 1 saturated carbocycles. The van der Waals surface area contributed by atoms with Crippen molar-refractivity contribution in [1.82, 2.24) is 0 Å². The molecule has 0 N–H and O–H groups in total. The van der Waals surface area contributed by atoms with Gasteiger partial charge in [0.15, 0.2) is 0 Å². The molecule has 0 amide bonds. The van der Waals surface area contributed by atoms with E-state index in [1.54, 1.807) is 0 Å². The molecule has 1 heterocycles. The largest absolute Gasteiger partial charge is 0.429 e. The van der Waals surface area contributed by atoms with Crippen LogP contribution in [-0.2, 0) is 8.85 Å². The Bertz CT molecular complexity index is 580. The van der Waals surface area contributed by atoms with E-state index in [1.807, 2.05) is 6.92 Å². The molecule has 0 unspecified atom stereocenters. The third-order valence-corrected chi connectivity index (χ3v) is 10.00. The molecule has 2 nitrogen and oxygen atoms in total. The first kappa shape index (κ1) is 27.5. The van der Waals surface area contributed by atoms with E-state index in [1.165, 1.54) is 0 Å². The first-order valence-electron chi connectivity index (χ1n) is 10.0. The van der Waals surface area contributed by atoms with Crippen LogP contribution in [0.5, 0.6) is 0 Å². The normalized spacial score (nSPS) is 23.5. The highest BCUT2D eigenvalue weighted by atomic mass is 28.4. The Morgan fingerprint density at radius 3 is 1.28 bits per heavy atom. The molecule has 2 aliphatic rings. The van der Waals surface area contributed by atoms with Crippen LogP contribution in [0.4, 0.5) is 52.7 Å². The highest BCUT2D eigenvalue weighted by molar-refractivity contribution is 6.70. The predicted octanol–water partition coefficient (Wildman–Crippen LogP) is 7.73. The minimum absolute atomic E-state index is 0.167. The molecular weight excluding hydrogens is 492 g/mol. The van der Waals surface area contributed by atoms with Crippen LogP contribution in [0.15, 0.2) is 0 Å². The number of unbranched alkanes of at least 4 members (excludes halogenated alkanes) is 5. The van der Waals surface area contributed by atoms with Gasteiger partial charge < -0.3 is 8.85 Å². The van der Waals surface area contributed by atoms with Crippen molar-refractivity contribution in [3.8, 4) is 0 Å². The van der Waals surface area contributed by atoms with Crippen molar-refractivity contribution in [2.45, 2.75) is 106 Å². The molecule has 2 rings (SSSR count). The van der Waals surface area contributed by atoms with Gasteiger partial charge in [0.05, 0.1) is 0 Å². The summed E-state index contributed by atoms with van der Waals surface area (Å²) in [7, 11) is -5.26. The van der Waals surface area contributed by atoms with E-state index >= 15 is 0 Å². The second-order valence-electron chi connectivity index (χ2n) is 8.16. The first-order valence-corrected chi connectivity index (χ1v) is 12.1. The molecule has 2 fully saturated rings. The van der Waals surface area contributed by atoms with Gasteiger partial charge in [0.2, 0.25) is 0 Å². The van der Waals surface area contributed by atoms with E-state index in [2.05, 4.69) is 8.85 Å². The molecule has 0 spiro atoms. The van der Waals surface area contributed by atoms with Gasteiger partial charge >= 0.3 is 33.3 Å². The molecule has 0 aromatic heterocycles. The molecule has 1 aliphatic carbocycles. The Morgan fingerprint density at radius 2 is 0.969 bits per heavy atom. The third-order valence-electron chi connectivity index (χ3n) is 5.82. The van der Waals surface area contributed by atoms with Crippen molar-refractivity contribution in [3.05, 3.63) is 0 Å². The van der Waals surface area contributed by atoms with Gasteiger partial charge in [-0.15, -0.1) is 0 Å². The van der Waals surface area contributed by atoms with Gasteiger partial charge in [0.1, 0.15) is 0 Å². The molecule has 15 heteroatoms. The fraction of sp³-hybridized carbons (Fsp3) is 1.00. The number of alkyl halides is 12. The van der Waals surface area contributed by atoms with E-state index in [-0.39, 0.29) is 25.7 Å². The Kier molecular flexibility index (Phi) is 7.32. The maximum absolute atomic E-state index is 13.7. The van der Waals surface area contributed by atoms with Crippen LogP contribution in [0.2, 0.25) is 11.6 Å². The van der Waals surface area contributed by atoms with Crippen LogP contribution < -0.4 is 0 Å². The van der Waals surface area contributed by atoms with Gasteiger partial charge in [0, 0.05) is 5.54 Å². The summed E-state index contributed by atoms with van der Waals surface area (Å²) in [5.41, 5.74) is -14.5. The average molecular weight is 514 g/mol. The van der Waals surface area contributed by atoms with Gasteiger partial charge in [-0.2, -0.15) is 52.7 Å². The molecule has 190 valence electrons. The highest BCUT2D eigenvalue weighted by Crippen LogP contribution is 2.71. The molecule has 1 aliphatic heterocycles. The third kappa shape index (κ3) is 4.25. The zero-order chi connectivity index (χ0) is 24.9. The minimum atomic E-state index is -7.11. The summed E-state index contributed by atoms with van der Waals surface area (Å²) in [6.07, 6.45) is -26.1. The molecule has 32 heavy (non-hydrogen) atoms. The van der Waals surface area contributed by atoms with Crippen LogP contribution in [0.25, 0.3) is 0 Å². The SMILES string of the molecule is CCCCCCCC[Si]1(C2CC2)OC(C(F)(F)F)(C(F)(F)F)C(C(F)(F)F)(C(F)(F)F)O1. The summed E-state index contributed by atoms with van der Waals surface area (Å²) < 4.78 is 173. The molecule has 0 radical (unpaired) electrons. The highest BCUT2D eigenvalue weighted by Gasteiger charge is 3.00. The van der Waals surface area contributed by atoms with Crippen molar-refractivity contribution in [2.24, 2.45) is 0 Å². The summed E-state index contributed by atoms with van der Waals surface area (Å²) in [6, 6.07) is -0.828. The zero-order valence-electron chi connectivity index (χ0n) is 16.8.